The summed E-state index contributed by atoms with van der Waals surface area (Å²) in [6.07, 6.45) is 7.93. The average molecular weight is 448 g/mol. The Bertz CT molecular complexity index is 987. The fourth-order valence-corrected chi connectivity index (χ4v) is 3.23. The Morgan fingerprint density at radius 2 is 1.76 bits per heavy atom. The molecule has 0 spiro atoms. The molecule has 1 aliphatic heterocycles. The molecule has 4 rings (SSSR count). The first-order valence-electron chi connectivity index (χ1n) is 8.97. The van der Waals surface area contributed by atoms with Gasteiger partial charge in [0.05, 0.1) is 5.71 Å². The van der Waals surface area contributed by atoms with Crippen LogP contribution < -0.4 is 4.74 Å². The highest BCUT2D eigenvalue weighted by Gasteiger charge is 2.14. The van der Waals surface area contributed by atoms with E-state index in [-0.39, 0.29) is 24.8 Å². The van der Waals surface area contributed by atoms with Crippen LogP contribution in [0.3, 0.4) is 0 Å². The van der Waals surface area contributed by atoms with Crippen LogP contribution in [0.1, 0.15) is 24.0 Å². The lowest BCUT2D eigenvalue weighted by Gasteiger charge is -2.16. The van der Waals surface area contributed by atoms with Crippen LogP contribution >= 0.6 is 36.4 Å². The second kappa shape index (κ2) is 11.0. The summed E-state index contributed by atoms with van der Waals surface area (Å²) in [5, 5.41) is 0.695. The number of hydrogen-bond donors (Lipinski definition) is 0. The van der Waals surface area contributed by atoms with Crippen LogP contribution in [0.2, 0.25) is 5.02 Å². The highest BCUT2D eigenvalue weighted by atomic mass is 35.5. The second-order valence-electron chi connectivity index (χ2n) is 6.37. The van der Waals surface area contributed by atoms with Crippen molar-refractivity contribution >= 4 is 48.2 Å². The molecular formula is C23H21Cl3N2O. The molecule has 0 radical (unpaired) electrons. The predicted octanol–water partition coefficient (Wildman–Crippen LogP) is 7.04. The number of hydrogen-bond acceptors (Lipinski definition) is 3. The van der Waals surface area contributed by atoms with Gasteiger partial charge in [0.25, 0.3) is 0 Å². The van der Waals surface area contributed by atoms with Crippen molar-refractivity contribution in [1.29, 1.82) is 0 Å². The molecule has 29 heavy (non-hydrogen) atoms. The lowest BCUT2D eigenvalue weighted by atomic mass is 9.95. The summed E-state index contributed by atoms with van der Waals surface area (Å²) in [5.74, 6) is 1.56. The van der Waals surface area contributed by atoms with Crippen molar-refractivity contribution in [1.82, 2.24) is 4.98 Å². The van der Waals surface area contributed by atoms with Gasteiger partial charge in [-0.3, -0.25) is 9.98 Å². The molecular weight excluding hydrogens is 427 g/mol. The van der Waals surface area contributed by atoms with Crippen LogP contribution in [0.25, 0.3) is 6.08 Å². The summed E-state index contributed by atoms with van der Waals surface area (Å²) in [6, 6.07) is 19.4. The molecule has 3 nitrogen and oxygen atoms in total. The van der Waals surface area contributed by atoms with E-state index < -0.39 is 0 Å². The van der Waals surface area contributed by atoms with Crippen LogP contribution in [0, 0.1) is 0 Å². The highest BCUT2D eigenvalue weighted by molar-refractivity contribution is 6.30. The normalized spacial score (nSPS) is 14.4. The Balaban J connectivity index is 0.00000150. The summed E-state index contributed by atoms with van der Waals surface area (Å²) in [5.41, 5.74) is 4.43. The van der Waals surface area contributed by atoms with Gasteiger partial charge in [-0.05, 0) is 78.6 Å². The Hall–Kier alpha value is -2.33. The van der Waals surface area contributed by atoms with Crippen molar-refractivity contribution < 1.29 is 4.74 Å². The van der Waals surface area contributed by atoms with Gasteiger partial charge in [0, 0.05) is 29.5 Å². The average Bonchev–Trinajstić information content (AvgIpc) is 2.71. The van der Waals surface area contributed by atoms with Gasteiger partial charge >= 0.3 is 0 Å². The molecule has 2 heterocycles. The minimum Gasteiger partial charge on any atom is -0.457 e. The summed E-state index contributed by atoms with van der Waals surface area (Å²) in [6.45, 7) is 0.862. The molecule has 150 valence electrons. The maximum absolute atomic E-state index is 5.95. The summed E-state index contributed by atoms with van der Waals surface area (Å²) in [7, 11) is 0. The van der Waals surface area contributed by atoms with Crippen LogP contribution in [0.4, 0.5) is 0 Å². The molecule has 0 unspecified atom stereocenters. The van der Waals surface area contributed by atoms with E-state index in [9.17, 15) is 0 Å². The molecule has 0 saturated heterocycles. The third-order valence-corrected chi connectivity index (χ3v) is 4.61. The number of rotatable bonds is 4. The van der Waals surface area contributed by atoms with Crippen molar-refractivity contribution in [2.75, 3.05) is 6.54 Å². The Morgan fingerprint density at radius 1 is 0.931 bits per heavy atom. The van der Waals surface area contributed by atoms with E-state index in [4.69, 9.17) is 21.3 Å². The maximum Gasteiger partial charge on any atom is 0.128 e. The number of pyridine rings is 1. The summed E-state index contributed by atoms with van der Waals surface area (Å²) >= 11 is 5.93. The van der Waals surface area contributed by atoms with Crippen LogP contribution in [-0.4, -0.2) is 17.2 Å². The number of nitrogens with zero attached hydrogens (tertiary/aromatic N) is 2. The van der Waals surface area contributed by atoms with Crippen LogP contribution in [0.15, 0.2) is 83.6 Å². The van der Waals surface area contributed by atoms with E-state index in [0.717, 1.165) is 47.7 Å². The summed E-state index contributed by atoms with van der Waals surface area (Å²) < 4.78 is 5.95. The number of benzene rings is 2. The summed E-state index contributed by atoms with van der Waals surface area (Å²) in [4.78, 5) is 8.97. The van der Waals surface area contributed by atoms with Crippen molar-refractivity contribution in [2.24, 2.45) is 4.99 Å². The molecule has 0 aliphatic carbocycles. The van der Waals surface area contributed by atoms with Crippen molar-refractivity contribution in [3.05, 3.63) is 94.8 Å². The molecule has 0 fully saturated rings. The topological polar surface area (TPSA) is 34.5 Å². The lowest BCUT2D eigenvalue weighted by molar-refractivity contribution is 0.482. The third-order valence-electron chi connectivity index (χ3n) is 4.36. The van der Waals surface area contributed by atoms with E-state index in [1.54, 1.807) is 6.20 Å². The molecule has 0 atom stereocenters. The fourth-order valence-electron chi connectivity index (χ4n) is 3.11. The van der Waals surface area contributed by atoms with Gasteiger partial charge in [-0.15, -0.1) is 24.8 Å². The zero-order valence-corrected chi connectivity index (χ0v) is 18.0. The Kier molecular flexibility index (Phi) is 8.71. The second-order valence-corrected chi connectivity index (χ2v) is 6.81. The smallest absolute Gasteiger partial charge is 0.128 e. The van der Waals surface area contributed by atoms with Gasteiger partial charge in [0.15, 0.2) is 0 Å². The Labute approximate surface area is 188 Å². The van der Waals surface area contributed by atoms with Crippen molar-refractivity contribution in [2.45, 2.75) is 12.8 Å². The van der Waals surface area contributed by atoms with Gasteiger partial charge in [0.1, 0.15) is 11.5 Å². The Morgan fingerprint density at radius 3 is 2.52 bits per heavy atom. The molecule has 1 aliphatic rings. The quantitative estimate of drug-likeness (QED) is 0.430. The first-order valence-corrected chi connectivity index (χ1v) is 9.35. The fraction of sp³-hybridized carbons (Fsp3) is 0.130. The first-order chi connectivity index (χ1) is 13.3. The van der Waals surface area contributed by atoms with Crippen molar-refractivity contribution in [3.8, 4) is 11.5 Å². The standard InChI is InChI=1S/C23H19ClN2O.2ClH/c24-20-8-10-21(11-9-20)27-22-7-1-4-17(15-22)14-18-5-3-13-26-23(18)19-6-2-12-25-16-19;;/h1-2,4,6-12,14-16H,3,5,13H2;2*1H/b18-14-;;. The number of aliphatic imine (C=N–C) groups is 1. The third kappa shape index (κ3) is 6.07. The zero-order valence-electron chi connectivity index (χ0n) is 15.6. The molecule has 6 heteroatoms. The molecule has 3 aromatic rings. The monoisotopic (exact) mass is 446 g/mol. The van der Waals surface area contributed by atoms with E-state index in [0.29, 0.717) is 5.02 Å². The van der Waals surface area contributed by atoms with Gasteiger partial charge in [-0.1, -0.05) is 23.7 Å². The first kappa shape index (κ1) is 23.0. The van der Waals surface area contributed by atoms with Gasteiger partial charge in [-0.25, -0.2) is 0 Å². The zero-order chi connectivity index (χ0) is 18.5. The van der Waals surface area contributed by atoms with Gasteiger partial charge < -0.3 is 4.74 Å². The number of allylic oxidation sites excluding steroid dienone is 1. The molecule has 1 aromatic heterocycles. The molecule has 0 saturated carbocycles. The van der Waals surface area contributed by atoms with Gasteiger partial charge in [0.2, 0.25) is 0 Å². The van der Waals surface area contributed by atoms with E-state index in [1.807, 2.05) is 54.7 Å². The SMILES string of the molecule is Cl.Cl.Clc1ccc(Oc2cccc(/C=C3/CCCN=C3c3cccnc3)c2)cc1. The van der Waals surface area contributed by atoms with E-state index in [1.165, 1.54) is 5.57 Å². The highest BCUT2D eigenvalue weighted by Crippen LogP contribution is 2.26. The van der Waals surface area contributed by atoms with Crippen molar-refractivity contribution in [3.63, 3.8) is 0 Å². The lowest BCUT2D eigenvalue weighted by Crippen LogP contribution is -2.11. The number of ether oxygens (including phenoxy) is 1. The molecule has 0 N–H and O–H groups in total. The van der Waals surface area contributed by atoms with Crippen LogP contribution in [0.5, 0.6) is 11.5 Å². The number of halogens is 3. The maximum atomic E-state index is 5.95. The predicted molar refractivity (Wildman–Crippen MR) is 125 cm³/mol. The van der Waals surface area contributed by atoms with Crippen LogP contribution in [-0.2, 0) is 0 Å². The number of aromatic nitrogens is 1. The van der Waals surface area contributed by atoms with E-state index >= 15 is 0 Å². The minimum atomic E-state index is 0. The molecule has 2 aromatic carbocycles. The van der Waals surface area contributed by atoms with E-state index in [2.05, 4.69) is 23.2 Å². The largest absolute Gasteiger partial charge is 0.457 e. The van der Waals surface area contributed by atoms with Gasteiger partial charge in [-0.2, -0.15) is 0 Å². The molecule has 0 bridgehead atoms. The minimum absolute atomic E-state index is 0. The molecule has 0 amide bonds.